The molecule has 1 saturated heterocycles. The summed E-state index contributed by atoms with van der Waals surface area (Å²) in [5.74, 6) is 2.00. The molecule has 2 rings (SSSR count). The van der Waals surface area contributed by atoms with E-state index < -0.39 is 0 Å². The lowest BCUT2D eigenvalue weighted by Crippen LogP contribution is -2.51. The molecule has 4 unspecified atom stereocenters. The molecular formula is C17H30O3. The number of rotatable bonds is 2. The van der Waals surface area contributed by atoms with Crippen LogP contribution < -0.4 is 0 Å². The summed E-state index contributed by atoms with van der Waals surface area (Å²) in [6.07, 6.45) is 6.41. The van der Waals surface area contributed by atoms with Crippen molar-refractivity contribution >= 4 is 0 Å². The molecule has 0 aromatic carbocycles. The standard InChI is InChI=1S/C17H30O3/c1-7-13-10-14-17(5,20-15(19-14)11-18-6)16(3,4)9-8-12(13)2/h11-14H,7-10H2,1-6H3. The van der Waals surface area contributed by atoms with E-state index in [9.17, 15) is 0 Å². The lowest BCUT2D eigenvalue weighted by Gasteiger charge is -2.46. The summed E-state index contributed by atoms with van der Waals surface area (Å²) in [5, 5.41) is 0. The van der Waals surface area contributed by atoms with Crippen molar-refractivity contribution in [3.05, 3.63) is 12.2 Å². The van der Waals surface area contributed by atoms with E-state index in [1.807, 2.05) is 0 Å². The Morgan fingerprint density at radius 1 is 1.35 bits per heavy atom. The van der Waals surface area contributed by atoms with E-state index in [-0.39, 0.29) is 17.1 Å². The van der Waals surface area contributed by atoms with Gasteiger partial charge in [0.05, 0.1) is 7.11 Å². The van der Waals surface area contributed by atoms with Gasteiger partial charge in [-0.3, -0.25) is 0 Å². The van der Waals surface area contributed by atoms with Gasteiger partial charge in [-0.05, 0) is 38.0 Å². The van der Waals surface area contributed by atoms with E-state index in [4.69, 9.17) is 14.2 Å². The Balaban J connectivity index is 2.31. The van der Waals surface area contributed by atoms with Crippen molar-refractivity contribution in [2.75, 3.05) is 7.11 Å². The Morgan fingerprint density at radius 3 is 2.65 bits per heavy atom. The molecule has 0 aromatic heterocycles. The van der Waals surface area contributed by atoms with Crippen LogP contribution in [-0.2, 0) is 14.2 Å². The van der Waals surface area contributed by atoms with Gasteiger partial charge in [-0.25, -0.2) is 0 Å². The van der Waals surface area contributed by atoms with Gasteiger partial charge in [-0.15, -0.1) is 0 Å². The van der Waals surface area contributed by atoms with Crippen LogP contribution in [0.1, 0.15) is 60.3 Å². The van der Waals surface area contributed by atoms with Crippen molar-refractivity contribution in [1.29, 1.82) is 0 Å². The van der Waals surface area contributed by atoms with Gasteiger partial charge in [0.15, 0.2) is 11.9 Å². The van der Waals surface area contributed by atoms with Gasteiger partial charge in [0.2, 0.25) is 0 Å². The van der Waals surface area contributed by atoms with Crippen molar-refractivity contribution in [3.63, 3.8) is 0 Å². The fourth-order valence-electron chi connectivity index (χ4n) is 3.70. The van der Waals surface area contributed by atoms with E-state index in [1.54, 1.807) is 13.4 Å². The van der Waals surface area contributed by atoms with E-state index in [0.717, 1.165) is 12.3 Å². The molecule has 0 radical (unpaired) electrons. The molecule has 1 heterocycles. The molecule has 3 heteroatoms. The van der Waals surface area contributed by atoms with Crippen molar-refractivity contribution in [2.45, 2.75) is 72.0 Å². The highest BCUT2D eigenvalue weighted by Crippen LogP contribution is 2.52. The predicted octanol–water partition coefficient (Wildman–Crippen LogP) is 4.48. The molecule has 2 fully saturated rings. The summed E-state index contributed by atoms with van der Waals surface area (Å²) < 4.78 is 17.3. The third-order valence-corrected chi connectivity index (χ3v) is 5.81. The number of hydrogen-bond donors (Lipinski definition) is 0. The quantitative estimate of drug-likeness (QED) is 0.699. The molecular weight excluding hydrogens is 252 g/mol. The summed E-state index contributed by atoms with van der Waals surface area (Å²) >= 11 is 0. The molecule has 3 nitrogen and oxygen atoms in total. The van der Waals surface area contributed by atoms with E-state index >= 15 is 0 Å². The number of ether oxygens (including phenoxy) is 3. The third-order valence-electron chi connectivity index (χ3n) is 5.81. The predicted molar refractivity (Wildman–Crippen MR) is 80.0 cm³/mol. The van der Waals surface area contributed by atoms with Gasteiger partial charge >= 0.3 is 5.95 Å². The summed E-state index contributed by atoms with van der Waals surface area (Å²) in [6.45, 7) is 11.5. The van der Waals surface area contributed by atoms with E-state index in [0.29, 0.717) is 11.9 Å². The molecule has 1 aliphatic heterocycles. The largest absolute Gasteiger partial charge is 0.497 e. The Kier molecular flexibility index (Phi) is 4.27. The number of methoxy groups -OCH3 is 1. The maximum Gasteiger partial charge on any atom is 0.316 e. The first-order chi connectivity index (χ1) is 9.34. The minimum atomic E-state index is -0.273. The summed E-state index contributed by atoms with van der Waals surface area (Å²) in [5.41, 5.74) is -0.182. The monoisotopic (exact) mass is 282 g/mol. The zero-order valence-electron chi connectivity index (χ0n) is 13.9. The summed E-state index contributed by atoms with van der Waals surface area (Å²) in [6, 6.07) is 0. The highest BCUT2D eigenvalue weighted by Gasteiger charge is 2.56. The van der Waals surface area contributed by atoms with E-state index in [1.165, 1.54) is 19.3 Å². The van der Waals surface area contributed by atoms with Crippen molar-refractivity contribution in [2.24, 2.45) is 17.3 Å². The van der Waals surface area contributed by atoms with Crippen molar-refractivity contribution in [3.8, 4) is 0 Å². The molecule has 4 atom stereocenters. The van der Waals surface area contributed by atoms with E-state index in [2.05, 4.69) is 34.6 Å². The Labute approximate surface area is 123 Å². The second-order valence-electron chi connectivity index (χ2n) is 7.29. The first-order valence-corrected chi connectivity index (χ1v) is 7.92. The SMILES string of the molecule is CCC1CC2OC(=COC)OC2(C)C(C)(C)CCC1C. The summed E-state index contributed by atoms with van der Waals surface area (Å²) in [4.78, 5) is 0. The molecule has 1 saturated carbocycles. The van der Waals surface area contributed by atoms with Crippen LogP contribution in [0.2, 0.25) is 0 Å². The summed E-state index contributed by atoms with van der Waals surface area (Å²) in [7, 11) is 1.63. The lowest BCUT2D eigenvalue weighted by molar-refractivity contribution is -0.0851. The second kappa shape index (κ2) is 5.50. The fraction of sp³-hybridized carbons (Fsp3) is 0.882. The van der Waals surface area contributed by atoms with Crippen LogP contribution in [0.4, 0.5) is 0 Å². The number of hydrogen-bond acceptors (Lipinski definition) is 3. The zero-order chi connectivity index (χ0) is 15.0. The zero-order valence-corrected chi connectivity index (χ0v) is 13.9. The average molecular weight is 282 g/mol. The van der Waals surface area contributed by atoms with Gasteiger partial charge in [-0.1, -0.05) is 34.1 Å². The Hall–Kier alpha value is -0.860. The van der Waals surface area contributed by atoms with Crippen LogP contribution in [0.3, 0.4) is 0 Å². The van der Waals surface area contributed by atoms with Gasteiger partial charge in [0.25, 0.3) is 0 Å². The normalized spacial score (nSPS) is 42.1. The van der Waals surface area contributed by atoms with Crippen LogP contribution in [-0.4, -0.2) is 18.8 Å². The molecule has 0 aromatic rings. The highest BCUT2D eigenvalue weighted by atomic mass is 16.7. The average Bonchev–Trinajstić information content (AvgIpc) is 2.70. The van der Waals surface area contributed by atoms with Crippen LogP contribution in [0.15, 0.2) is 12.2 Å². The fourth-order valence-corrected chi connectivity index (χ4v) is 3.70. The Morgan fingerprint density at radius 2 is 2.05 bits per heavy atom. The first-order valence-electron chi connectivity index (χ1n) is 7.92. The maximum absolute atomic E-state index is 6.19. The topological polar surface area (TPSA) is 27.7 Å². The van der Waals surface area contributed by atoms with Crippen molar-refractivity contribution < 1.29 is 14.2 Å². The van der Waals surface area contributed by atoms with Gasteiger partial charge in [-0.2, -0.15) is 0 Å². The van der Waals surface area contributed by atoms with Gasteiger partial charge in [0, 0.05) is 5.41 Å². The number of fused-ring (bicyclic) bond motifs is 1. The second-order valence-corrected chi connectivity index (χ2v) is 7.29. The first kappa shape index (κ1) is 15.5. The van der Waals surface area contributed by atoms with Crippen LogP contribution in [0.5, 0.6) is 0 Å². The third kappa shape index (κ3) is 2.51. The highest BCUT2D eigenvalue weighted by molar-refractivity contribution is 5.07. The minimum Gasteiger partial charge on any atom is -0.497 e. The Bertz CT molecular complexity index is 374. The molecule has 0 N–H and O–H groups in total. The smallest absolute Gasteiger partial charge is 0.316 e. The van der Waals surface area contributed by atoms with Crippen molar-refractivity contribution in [1.82, 2.24) is 0 Å². The van der Waals surface area contributed by atoms with Crippen LogP contribution in [0.25, 0.3) is 0 Å². The molecule has 0 bridgehead atoms. The van der Waals surface area contributed by atoms with Crippen LogP contribution >= 0.6 is 0 Å². The molecule has 0 spiro atoms. The molecule has 116 valence electrons. The molecule has 1 aliphatic carbocycles. The maximum atomic E-state index is 6.19. The van der Waals surface area contributed by atoms with Crippen LogP contribution in [0, 0.1) is 17.3 Å². The molecule has 0 amide bonds. The van der Waals surface area contributed by atoms with Gasteiger partial charge in [0.1, 0.15) is 6.10 Å². The molecule has 20 heavy (non-hydrogen) atoms. The molecule has 2 aliphatic rings. The van der Waals surface area contributed by atoms with Gasteiger partial charge < -0.3 is 14.2 Å². The minimum absolute atomic E-state index is 0.0912. The lowest BCUT2D eigenvalue weighted by atomic mass is 9.64.